The summed E-state index contributed by atoms with van der Waals surface area (Å²) in [6.07, 6.45) is 5.78. The molecule has 0 bridgehead atoms. The summed E-state index contributed by atoms with van der Waals surface area (Å²) >= 11 is 0. The zero-order valence-corrected chi connectivity index (χ0v) is 16.8. The summed E-state index contributed by atoms with van der Waals surface area (Å²) in [7, 11) is 1.34. The van der Waals surface area contributed by atoms with Gasteiger partial charge in [-0.2, -0.15) is 0 Å². The molecule has 1 N–H and O–H groups in total. The van der Waals surface area contributed by atoms with E-state index in [1.807, 2.05) is 29.2 Å². The molecule has 1 spiro atoms. The molecule has 28 heavy (non-hydrogen) atoms. The van der Waals surface area contributed by atoms with E-state index < -0.39 is 11.5 Å². The number of methoxy groups -OCH3 is 1. The van der Waals surface area contributed by atoms with Gasteiger partial charge in [-0.3, -0.25) is 14.4 Å². The number of unbranched alkanes of at least 4 members (excludes halogenated alkanes) is 1. The van der Waals surface area contributed by atoms with E-state index in [4.69, 9.17) is 0 Å². The maximum absolute atomic E-state index is 13.3. The first-order valence-corrected chi connectivity index (χ1v) is 10.3. The van der Waals surface area contributed by atoms with Crippen LogP contribution in [-0.2, 0) is 14.3 Å². The molecule has 0 radical (unpaired) electrons. The number of benzene rings is 1. The van der Waals surface area contributed by atoms with Gasteiger partial charge in [-0.1, -0.05) is 44.4 Å². The van der Waals surface area contributed by atoms with Crippen LogP contribution >= 0.6 is 0 Å². The zero-order chi connectivity index (χ0) is 20.1. The fraction of sp³-hybridized carbons (Fsp3) is 0.591. The summed E-state index contributed by atoms with van der Waals surface area (Å²) in [5.41, 5.74) is 0.984. The first-order valence-electron chi connectivity index (χ1n) is 10.3. The Bertz CT molecular complexity index is 740. The number of carbonyl (C=O) groups is 3. The smallest absolute Gasteiger partial charge is 0.307 e. The van der Waals surface area contributed by atoms with Gasteiger partial charge in [0.2, 0.25) is 5.91 Å². The molecule has 1 saturated carbocycles. The van der Waals surface area contributed by atoms with Crippen LogP contribution in [0.1, 0.15) is 73.7 Å². The molecule has 6 nitrogen and oxygen atoms in total. The summed E-state index contributed by atoms with van der Waals surface area (Å²) in [5.74, 6) is -0.810. The van der Waals surface area contributed by atoms with E-state index >= 15 is 0 Å². The SMILES string of the molecule is CCCCN1C(=O)c2ccccc2[C@@H](C(=O)NCCC(=O)OC)C12CCCC2. The number of hydrogen-bond donors (Lipinski definition) is 1. The van der Waals surface area contributed by atoms with Crippen LogP contribution in [0, 0.1) is 0 Å². The van der Waals surface area contributed by atoms with Gasteiger partial charge in [0, 0.05) is 18.7 Å². The second-order valence-corrected chi connectivity index (χ2v) is 7.76. The van der Waals surface area contributed by atoms with Gasteiger partial charge in [-0.25, -0.2) is 0 Å². The van der Waals surface area contributed by atoms with Crippen LogP contribution in [0.25, 0.3) is 0 Å². The van der Waals surface area contributed by atoms with Crippen LogP contribution in [0.3, 0.4) is 0 Å². The molecule has 1 aromatic rings. The number of amides is 2. The number of ether oxygens (including phenoxy) is 1. The fourth-order valence-electron chi connectivity index (χ4n) is 4.80. The minimum Gasteiger partial charge on any atom is -0.469 e. The normalized spacial score (nSPS) is 20.1. The van der Waals surface area contributed by atoms with E-state index in [0.29, 0.717) is 12.1 Å². The number of carbonyl (C=O) groups excluding carboxylic acids is 3. The minimum atomic E-state index is -0.462. The lowest BCUT2D eigenvalue weighted by Gasteiger charge is -2.50. The molecule has 0 saturated heterocycles. The molecule has 3 rings (SSSR count). The van der Waals surface area contributed by atoms with Gasteiger partial charge in [0.05, 0.1) is 25.0 Å². The van der Waals surface area contributed by atoms with E-state index in [1.165, 1.54) is 7.11 Å². The van der Waals surface area contributed by atoms with Crippen molar-refractivity contribution in [2.45, 2.75) is 63.3 Å². The van der Waals surface area contributed by atoms with Gasteiger partial charge in [-0.05, 0) is 30.9 Å². The largest absolute Gasteiger partial charge is 0.469 e. The molecule has 1 aliphatic heterocycles. The summed E-state index contributed by atoms with van der Waals surface area (Å²) < 4.78 is 4.66. The number of nitrogens with one attached hydrogen (secondary N) is 1. The molecule has 1 heterocycles. The summed E-state index contributed by atoms with van der Waals surface area (Å²) in [6.45, 7) is 3.03. The van der Waals surface area contributed by atoms with Gasteiger partial charge < -0.3 is 15.0 Å². The van der Waals surface area contributed by atoms with Crippen LogP contribution < -0.4 is 5.32 Å². The van der Waals surface area contributed by atoms with Crippen LogP contribution in [0.15, 0.2) is 24.3 Å². The average Bonchev–Trinajstić information content (AvgIpc) is 3.17. The van der Waals surface area contributed by atoms with Crippen LogP contribution in [0.2, 0.25) is 0 Å². The van der Waals surface area contributed by atoms with Crippen molar-refractivity contribution in [3.8, 4) is 0 Å². The summed E-state index contributed by atoms with van der Waals surface area (Å²) in [4.78, 5) is 40.0. The molecule has 2 aliphatic rings. The molecule has 1 atom stereocenters. The Morgan fingerprint density at radius 3 is 2.64 bits per heavy atom. The molecule has 152 valence electrons. The highest BCUT2D eigenvalue weighted by atomic mass is 16.5. The molecule has 6 heteroatoms. The van der Waals surface area contributed by atoms with Crippen molar-refractivity contribution in [1.29, 1.82) is 0 Å². The predicted octanol–water partition coefficient (Wildman–Crippen LogP) is 3.02. The van der Waals surface area contributed by atoms with Gasteiger partial charge in [0.1, 0.15) is 0 Å². The maximum Gasteiger partial charge on any atom is 0.307 e. The molecule has 1 aromatic carbocycles. The maximum atomic E-state index is 13.3. The highest BCUT2D eigenvalue weighted by molar-refractivity contribution is 6.02. The highest BCUT2D eigenvalue weighted by Gasteiger charge is 2.55. The van der Waals surface area contributed by atoms with Crippen LogP contribution in [0.4, 0.5) is 0 Å². The van der Waals surface area contributed by atoms with Crippen LogP contribution in [0.5, 0.6) is 0 Å². The predicted molar refractivity (Wildman–Crippen MR) is 106 cm³/mol. The average molecular weight is 386 g/mol. The Morgan fingerprint density at radius 2 is 1.96 bits per heavy atom. The lowest BCUT2D eigenvalue weighted by molar-refractivity contribution is -0.140. The van der Waals surface area contributed by atoms with Crippen molar-refractivity contribution in [3.63, 3.8) is 0 Å². The first-order chi connectivity index (χ1) is 13.5. The van der Waals surface area contributed by atoms with Gasteiger partial charge in [-0.15, -0.1) is 0 Å². The Morgan fingerprint density at radius 1 is 1.25 bits per heavy atom. The second-order valence-electron chi connectivity index (χ2n) is 7.76. The highest BCUT2D eigenvalue weighted by Crippen LogP contribution is 2.50. The van der Waals surface area contributed by atoms with Crippen molar-refractivity contribution < 1.29 is 19.1 Å². The minimum absolute atomic E-state index is 0.0459. The zero-order valence-electron chi connectivity index (χ0n) is 16.8. The molecular formula is C22H30N2O4. The number of nitrogens with zero attached hydrogens (tertiary/aromatic N) is 1. The molecule has 1 aliphatic carbocycles. The molecule has 1 fully saturated rings. The van der Waals surface area contributed by atoms with E-state index in [1.54, 1.807) is 0 Å². The number of esters is 1. The first kappa shape index (κ1) is 20.4. The summed E-state index contributed by atoms with van der Waals surface area (Å²) in [6, 6.07) is 7.49. The van der Waals surface area contributed by atoms with Gasteiger partial charge in [0.15, 0.2) is 0 Å². The summed E-state index contributed by atoms with van der Waals surface area (Å²) in [5, 5.41) is 2.92. The third-order valence-electron chi connectivity index (χ3n) is 6.15. The molecule has 2 amide bonds. The standard InChI is InChI=1S/C22H30N2O4/c1-3-4-15-24-21(27)17-10-6-5-9-16(17)19(22(24)12-7-8-13-22)20(26)23-14-11-18(25)28-2/h5-6,9-10,19H,3-4,7-8,11-15H2,1-2H3,(H,23,26)/t19-/m0/s1. The third-order valence-corrected chi connectivity index (χ3v) is 6.15. The molecule has 0 unspecified atom stereocenters. The number of fused-ring (bicyclic) bond motifs is 1. The van der Waals surface area contributed by atoms with Crippen molar-refractivity contribution in [2.24, 2.45) is 0 Å². The molecular weight excluding hydrogens is 356 g/mol. The second kappa shape index (κ2) is 8.76. The Hall–Kier alpha value is -2.37. The van der Waals surface area contributed by atoms with Crippen LogP contribution in [-0.4, -0.2) is 48.4 Å². The van der Waals surface area contributed by atoms with E-state index in [9.17, 15) is 14.4 Å². The van der Waals surface area contributed by atoms with E-state index in [2.05, 4.69) is 17.0 Å². The lowest BCUT2D eigenvalue weighted by atomic mass is 9.71. The topological polar surface area (TPSA) is 75.7 Å². The Balaban J connectivity index is 1.96. The number of hydrogen-bond acceptors (Lipinski definition) is 4. The Labute approximate surface area is 166 Å². The quantitative estimate of drug-likeness (QED) is 0.731. The Kier molecular flexibility index (Phi) is 6.37. The van der Waals surface area contributed by atoms with Crippen molar-refractivity contribution in [3.05, 3.63) is 35.4 Å². The van der Waals surface area contributed by atoms with Crippen molar-refractivity contribution in [1.82, 2.24) is 10.2 Å². The van der Waals surface area contributed by atoms with E-state index in [0.717, 1.165) is 44.1 Å². The van der Waals surface area contributed by atoms with E-state index in [-0.39, 0.29) is 30.7 Å². The number of rotatable bonds is 7. The van der Waals surface area contributed by atoms with Crippen molar-refractivity contribution >= 4 is 17.8 Å². The van der Waals surface area contributed by atoms with Gasteiger partial charge in [0.25, 0.3) is 5.91 Å². The third kappa shape index (κ3) is 3.64. The fourth-order valence-corrected chi connectivity index (χ4v) is 4.80. The lowest BCUT2D eigenvalue weighted by Crippen LogP contribution is -2.60. The van der Waals surface area contributed by atoms with Gasteiger partial charge >= 0.3 is 5.97 Å². The van der Waals surface area contributed by atoms with Crippen molar-refractivity contribution in [2.75, 3.05) is 20.2 Å². The molecule has 0 aromatic heterocycles. The monoisotopic (exact) mass is 386 g/mol.